The number of fused-ring (bicyclic) bond motifs is 1. The van der Waals surface area contributed by atoms with E-state index in [0.29, 0.717) is 61.8 Å². The lowest BCUT2D eigenvalue weighted by molar-refractivity contribution is -0.137. The fourth-order valence-electron chi connectivity index (χ4n) is 3.20. The molecule has 0 radical (unpaired) electrons. The largest absolute Gasteiger partial charge is 0.416 e. The SMILES string of the molecule is CCN(CC)c1nc(Nc2ccc(C(F)(F)F)cc2)c2nc(Nc3c(Cl)cccc3Cl)sc2n1. The summed E-state index contributed by atoms with van der Waals surface area (Å²) in [6, 6.07) is 9.88. The zero-order valence-corrected chi connectivity index (χ0v) is 20.4. The van der Waals surface area contributed by atoms with E-state index in [4.69, 9.17) is 23.2 Å². The minimum Gasteiger partial charge on any atom is -0.341 e. The Morgan fingerprint density at radius 3 is 2.15 bits per heavy atom. The van der Waals surface area contributed by atoms with Crippen molar-refractivity contribution >= 4 is 73.2 Å². The van der Waals surface area contributed by atoms with Crippen LogP contribution in [-0.2, 0) is 6.18 Å². The van der Waals surface area contributed by atoms with Crippen LogP contribution in [0.4, 0.5) is 41.4 Å². The van der Waals surface area contributed by atoms with E-state index >= 15 is 0 Å². The molecule has 6 nitrogen and oxygen atoms in total. The second-order valence-electron chi connectivity index (χ2n) is 7.14. The number of alkyl halides is 3. The van der Waals surface area contributed by atoms with Crippen LogP contribution in [-0.4, -0.2) is 28.0 Å². The van der Waals surface area contributed by atoms with Gasteiger partial charge in [-0.3, -0.25) is 0 Å². The van der Waals surface area contributed by atoms with Crippen molar-refractivity contribution in [2.24, 2.45) is 0 Å². The summed E-state index contributed by atoms with van der Waals surface area (Å²) in [5.74, 6) is 0.860. The predicted octanol–water partition coefficient (Wildman–Crippen LogP) is 7.75. The van der Waals surface area contributed by atoms with Gasteiger partial charge >= 0.3 is 6.18 Å². The highest BCUT2D eigenvalue weighted by Crippen LogP contribution is 2.37. The molecule has 0 unspecified atom stereocenters. The first-order chi connectivity index (χ1) is 16.2. The highest BCUT2D eigenvalue weighted by atomic mass is 35.5. The maximum Gasteiger partial charge on any atom is 0.416 e. The number of nitrogens with one attached hydrogen (secondary N) is 2. The van der Waals surface area contributed by atoms with Crippen molar-refractivity contribution < 1.29 is 13.2 Å². The molecule has 0 amide bonds. The molecule has 0 saturated heterocycles. The molecule has 0 saturated carbocycles. The van der Waals surface area contributed by atoms with E-state index in [0.717, 1.165) is 12.1 Å². The van der Waals surface area contributed by atoms with Crippen molar-refractivity contribution in [2.45, 2.75) is 20.0 Å². The van der Waals surface area contributed by atoms with Gasteiger partial charge in [-0.1, -0.05) is 40.6 Å². The Morgan fingerprint density at radius 1 is 0.912 bits per heavy atom. The van der Waals surface area contributed by atoms with Crippen molar-refractivity contribution in [1.29, 1.82) is 0 Å². The first kappa shape index (κ1) is 24.3. The van der Waals surface area contributed by atoms with Crippen LogP contribution in [0.3, 0.4) is 0 Å². The van der Waals surface area contributed by atoms with Crippen LogP contribution in [0.15, 0.2) is 42.5 Å². The quantitative estimate of drug-likeness (QED) is 0.256. The van der Waals surface area contributed by atoms with E-state index in [9.17, 15) is 13.2 Å². The molecule has 0 atom stereocenters. The highest BCUT2D eigenvalue weighted by molar-refractivity contribution is 7.22. The van der Waals surface area contributed by atoms with Crippen molar-refractivity contribution in [3.05, 3.63) is 58.1 Å². The number of hydrogen-bond acceptors (Lipinski definition) is 7. The zero-order chi connectivity index (χ0) is 24.5. The van der Waals surface area contributed by atoms with Crippen LogP contribution < -0.4 is 15.5 Å². The molecule has 0 aliphatic heterocycles. The summed E-state index contributed by atoms with van der Waals surface area (Å²) in [7, 11) is 0. The average Bonchev–Trinajstić information content (AvgIpc) is 3.20. The van der Waals surface area contributed by atoms with Crippen molar-refractivity contribution in [1.82, 2.24) is 15.0 Å². The monoisotopic (exact) mass is 526 g/mol. The second kappa shape index (κ2) is 9.81. The molecule has 0 aliphatic carbocycles. The fraction of sp³-hybridized carbons (Fsp3) is 0.227. The van der Waals surface area contributed by atoms with E-state index in [2.05, 4.69) is 25.6 Å². The van der Waals surface area contributed by atoms with Crippen LogP contribution in [0.1, 0.15) is 19.4 Å². The third-order valence-electron chi connectivity index (χ3n) is 4.96. The van der Waals surface area contributed by atoms with Crippen LogP contribution in [0.5, 0.6) is 0 Å². The highest BCUT2D eigenvalue weighted by Gasteiger charge is 2.30. The third kappa shape index (κ3) is 5.13. The maximum atomic E-state index is 12.9. The first-order valence-electron chi connectivity index (χ1n) is 10.3. The first-order valence-corrected chi connectivity index (χ1v) is 11.9. The molecular weight excluding hydrogens is 508 g/mol. The average molecular weight is 527 g/mol. The van der Waals surface area contributed by atoms with Crippen LogP contribution in [0.25, 0.3) is 10.3 Å². The number of hydrogen-bond donors (Lipinski definition) is 2. The van der Waals surface area contributed by atoms with E-state index in [1.54, 1.807) is 18.2 Å². The molecule has 2 N–H and O–H groups in total. The zero-order valence-electron chi connectivity index (χ0n) is 18.0. The van der Waals surface area contributed by atoms with E-state index in [1.165, 1.54) is 23.5 Å². The minimum atomic E-state index is -4.41. The van der Waals surface area contributed by atoms with Crippen molar-refractivity contribution in [2.75, 3.05) is 28.6 Å². The summed E-state index contributed by atoms with van der Waals surface area (Å²) in [5, 5.41) is 7.58. The minimum absolute atomic E-state index is 0.376. The second-order valence-corrected chi connectivity index (χ2v) is 8.93. The van der Waals surface area contributed by atoms with Gasteiger partial charge in [0.05, 0.1) is 21.3 Å². The lowest BCUT2D eigenvalue weighted by Crippen LogP contribution is -2.24. The standard InChI is InChI=1S/C22H19Cl2F3N6S/c1-3-33(4-2)20-31-18(28-13-10-8-12(9-11-13)22(25,26)27)17-19(32-20)34-21(30-17)29-16-14(23)6-5-7-15(16)24/h5-11H,3-4H2,1-2H3,(H,29,30)(H,28,31,32). The lowest BCUT2D eigenvalue weighted by atomic mass is 10.2. The Hall–Kier alpha value is -2.82. The molecular formula is C22H19Cl2F3N6S. The Morgan fingerprint density at radius 2 is 1.56 bits per heavy atom. The van der Waals surface area contributed by atoms with Gasteiger partial charge in [-0.05, 0) is 50.2 Å². The summed E-state index contributed by atoms with van der Waals surface area (Å²) in [6.07, 6.45) is -4.41. The number of aromatic nitrogens is 3. The van der Waals surface area contributed by atoms with Crippen molar-refractivity contribution in [3.8, 4) is 0 Å². The van der Waals surface area contributed by atoms with Crippen LogP contribution in [0, 0.1) is 0 Å². The van der Waals surface area contributed by atoms with Gasteiger partial charge in [0, 0.05) is 18.8 Å². The predicted molar refractivity (Wildman–Crippen MR) is 133 cm³/mol. The Labute approximate surface area is 207 Å². The fourth-order valence-corrected chi connectivity index (χ4v) is 4.53. The van der Waals surface area contributed by atoms with E-state index in [1.807, 2.05) is 18.7 Å². The number of halogens is 5. The van der Waals surface area contributed by atoms with E-state index in [-0.39, 0.29) is 0 Å². The van der Waals surface area contributed by atoms with Gasteiger partial charge in [-0.15, -0.1) is 0 Å². The molecule has 178 valence electrons. The van der Waals surface area contributed by atoms with Crippen LogP contribution in [0.2, 0.25) is 10.0 Å². The molecule has 0 spiro atoms. The lowest BCUT2D eigenvalue weighted by Gasteiger charge is -2.19. The van der Waals surface area contributed by atoms with Crippen LogP contribution >= 0.6 is 34.5 Å². The summed E-state index contributed by atoms with van der Waals surface area (Å²) in [6.45, 7) is 5.33. The maximum absolute atomic E-state index is 12.9. The third-order valence-corrected chi connectivity index (χ3v) is 6.46. The molecule has 4 rings (SSSR count). The molecule has 2 aromatic heterocycles. The molecule has 0 bridgehead atoms. The summed E-state index contributed by atoms with van der Waals surface area (Å²) in [4.78, 5) is 16.4. The Bertz CT molecular complexity index is 1290. The van der Waals surface area contributed by atoms with Gasteiger partial charge in [-0.25, -0.2) is 4.98 Å². The van der Waals surface area contributed by atoms with E-state index < -0.39 is 11.7 Å². The van der Waals surface area contributed by atoms with Gasteiger partial charge in [0.2, 0.25) is 5.95 Å². The van der Waals surface area contributed by atoms with Gasteiger partial charge in [0.25, 0.3) is 0 Å². The summed E-state index contributed by atoms with van der Waals surface area (Å²) >= 11 is 13.8. The number of rotatable bonds is 7. The molecule has 2 aromatic carbocycles. The number of benzene rings is 2. The number of para-hydroxylation sites is 1. The Kier molecular flexibility index (Phi) is 7.01. The van der Waals surface area contributed by atoms with Gasteiger partial charge < -0.3 is 15.5 Å². The smallest absolute Gasteiger partial charge is 0.341 e. The Balaban J connectivity index is 1.75. The number of nitrogens with zero attached hydrogens (tertiary/aromatic N) is 4. The molecule has 4 aromatic rings. The molecule has 0 aliphatic rings. The molecule has 0 fully saturated rings. The summed E-state index contributed by atoms with van der Waals surface area (Å²) in [5.41, 5.74) is 0.687. The topological polar surface area (TPSA) is 66.0 Å². The van der Waals surface area contributed by atoms with Crippen molar-refractivity contribution in [3.63, 3.8) is 0 Å². The summed E-state index contributed by atoms with van der Waals surface area (Å²) < 4.78 is 38.8. The normalized spacial score (nSPS) is 11.6. The number of thiazole rings is 1. The molecule has 12 heteroatoms. The van der Waals surface area contributed by atoms with Gasteiger partial charge in [0.15, 0.2) is 15.8 Å². The molecule has 2 heterocycles. The number of anilines is 5. The van der Waals surface area contributed by atoms with Gasteiger partial charge in [0.1, 0.15) is 5.52 Å². The molecule has 34 heavy (non-hydrogen) atoms. The van der Waals surface area contributed by atoms with Gasteiger partial charge in [-0.2, -0.15) is 23.1 Å².